The highest BCUT2D eigenvalue weighted by molar-refractivity contribution is 5.77. The van der Waals surface area contributed by atoms with Crippen molar-refractivity contribution < 1.29 is 13.9 Å². The molecule has 4 nitrogen and oxygen atoms in total. The second-order valence-corrected chi connectivity index (χ2v) is 5.80. The molecule has 1 amide bonds. The first-order valence-electron chi connectivity index (χ1n) is 8.05. The fraction of sp³-hybridized carbons (Fsp3) is 0.588. The van der Waals surface area contributed by atoms with Crippen LogP contribution in [-0.4, -0.2) is 43.1 Å². The molecule has 0 spiro atoms. The van der Waals surface area contributed by atoms with E-state index in [4.69, 9.17) is 4.74 Å². The zero-order chi connectivity index (χ0) is 15.8. The van der Waals surface area contributed by atoms with Gasteiger partial charge < -0.3 is 15.0 Å². The molecule has 1 atom stereocenters. The summed E-state index contributed by atoms with van der Waals surface area (Å²) in [6.45, 7) is 4.91. The van der Waals surface area contributed by atoms with E-state index >= 15 is 0 Å². The van der Waals surface area contributed by atoms with Crippen molar-refractivity contribution in [1.82, 2.24) is 10.2 Å². The predicted octanol–water partition coefficient (Wildman–Crippen LogP) is 2.59. The number of hydrogen-bond acceptors (Lipinski definition) is 3. The normalized spacial score (nSPS) is 18.9. The molecular weight excluding hydrogens is 283 g/mol. The number of rotatable bonds is 7. The number of nitrogens with one attached hydrogen (secondary N) is 1. The largest absolute Gasteiger partial charge is 0.481 e. The van der Waals surface area contributed by atoms with Crippen molar-refractivity contribution in [1.29, 1.82) is 0 Å². The number of ether oxygens (including phenoxy) is 1. The second kappa shape index (κ2) is 8.73. The molecule has 0 aliphatic carbocycles. The Bertz CT molecular complexity index is 481. The fourth-order valence-corrected chi connectivity index (χ4v) is 2.76. The number of halogens is 1. The van der Waals surface area contributed by atoms with Crippen molar-refractivity contribution in [3.05, 3.63) is 30.1 Å². The number of carbonyl (C=O) groups excluding carboxylic acids is 1. The Morgan fingerprint density at radius 3 is 3.00 bits per heavy atom. The maximum absolute atomic E-state index is 13.3. The molecule has 1 fully saturated rings. The molecular formula is C17H25FN2O2. The number of nitrogens with zero attached hydrogens (tertiary/aromatic N) is 1. The maximum Gasteiger partial charge on any atom is 0.257 e. The van der Waals surface area contributed by atoms with Crippen LogP contribution in [0, 0.1) is 5.82 Å². The summed E-state index contributed by atoms with van der Waals surface area (Å²) in [6.07, 6.45) is 4.79. The van der Waals surface area contributed by atoms with Crippen molar-refractivity contribution in [3.63, 3.8) is 0 Å². The van der Waals surface area contributed by atoms with Gasteiger partial charge in [-0.05, 0) is 44.9 Å². The number of likely N-dealkylation sites (tertiary alicyclic amines) is 1. The average Bonchev–Trinajstić information content (AvgIpc) is 2.52. The molecule has 1 aliphatic rings. The number of carbonyl (C=O) groups is 1. The molecule has 2 rings (SSSR count). The standard InChI is InChI=1S/C17H25FN2O2/c1-14-7-4-5-11-20(14)12-6-10-19-17(21)13-22-16-9-3-2-8-15(16)18/h2-3,8-9,14H,4-7,10-13H2,1H3,(H,19,21). The Kier molecular flexibility index (Phi) is 6.65. The summed E-state index contributed by atoms with van der Waals surface area (Å²) >= 11 is 0. The second-order valence-electron chi connectivity index (χ2n) is 5.80. The zero-order valence-corrected chi connectivity index (χ0v) is 13.2. The SMILES string of the molecule is CC1CCCCN1CCCNC(=O)COc1ccccc1F. The number of hydrogen-bond donors (Lipinski definition) is 1. The van der Waals surface area contributed by atoms with Gasteiger partial charge in [0.15, 0.2) is 18.2 Å². The van der Waals surface area contributed by atoms with E-state index in [2.05, 4.69) is 17.1 Å². The van der Waals surface area contributed by atoms with Crippen molar-refractivity contribution in [3.8, 4) is 5.75 Å². The maximum atomic E-state index is 13.3. The first-order valence-corrected chi connectivity index (χ1v) is 8.05. The minimum absolute atomic E-state index is 0.111. The molecule has 0 saturated carbocycles. The molecule has 1 aromatic rings. The van der Waals surface area contributed by atoms with Crippen LogP contribution in [0.1, 0.15) is 32.6 Å². The van der Waals surface area contributed by atoms with Crippen LogP contribution in [-0.2, 0) is 4.79 Å². The lowest BCUT2D eigenvalue weighted by Crippen LogP contribution is -2.39. The van der Waals surface area contributed by atoms with Gasteiger partial charge in [-0.1, -0.05) is 18.6 Å². The minimum Gasteiger partial charge on any atom is -0.481 e. The van der Waals surface area contributed by atoms with Gasteiger partial charge in [0.05, 0.1) is 0 Å². The number of para-hydroxylation sites is 1. The van der Waals surface area contributed by atoms with Crippen LogP contribution < -0.4 is 10.1 Å². The van der Waals surface area contributed by atoms with Gasteiger partial charge in [-0.3, -0.25) is 4.79 Å². The summed E-state index contributed by atoms with van der Waals surface area (Å²) < 4.78 is 18.5. The summed E-state index contributed by atoms with van der Waals surface area (Å²) in [4.78, 5) is 14.1. The lowest BCUT2D eigenvalue weighted by atomic mass is 10.0. The quantitative estimate of drug-likeness (QED) is 0.787. The highest BCUT2D eigenvalue weighted by atomic mass is 19.1. The smallest absolute Gasteiger partial charge is 0.257 e. The van der Waals surface area contributed by atoms with Crippen molar-refractivity contribution in [2.45, 2.75) is 38.6 Å². The topological polar surface area (TPSA) is 41.6 Å². The molecule has 0 bridgehead atoms. The van der Waals surface area contributed by atoms with E-state index in [1.807, 2.05) is 0 Å². The monoisotopic (exact) mass is 308 g/mol. The Balaban J connectivity index is 1.59. The highest BCUT2D eigenvalue weighted by Crippen LogP contribution is 2.16. The van der Waals surface area contributed by atoms with Crippen molar-refractivity contribution in [2.24, 2.45) is 0 Å². The Morgan fingerprint density at radius 2 is 2.23 bits per heavy atom. The van der Waals surface area contributed by atoms with E-state index < -0.39 is 5.82 Å². The van der Waals surface area contributed by atoms with Crippen LogP contribution in [0.2, 0.25) is 0 Å². The van der Waals surface area contributed by atoms with Crippen LogP contribution in [0.4, 0.5) is 4.39 Å². The van der Waals surface area contributed by atoms with Crippen LogP contribution >= 0.6 is 0 Å². The van der Waals surface area contributed by atoms with E-state index in [1.165, 1.54) is 31.4 Å². The van der Waals surface area contributed by atoms with Gasteiger partial charge in [-0.15, -0.1) is 0 Å². The Morgan fingerprint density at radius 1 is 1.41 bits per heavy atom. The van der Waals surface area contributed by atoms with Gasteiger partial charge in [-0.2, -0.15) is 0 Å². The Hall–Kier alpha value is -1.62. The molecule has 5 heteroatoms. The molecule has 22 heavy (non-hydrogen) atoms. The molecule has 1 aromatic carbocycles. The van der Waals surface area contributed by atoms with Crippen molar-refractivity contribution >= 4 is 5.91 Å². The van der Waals surface area contributed by atoms with E-state index in [-0.39, 0.29) is 18.3 Å². The summed E-state index contributed by atoms with van der Waals surface area (Å²) in [5.74, 6) is -0.552. The number of amides is 1. The highest BCUT2D eigenvalue weighted by Gasteiger charge is 2.17. The third kappa shape index (κ3) is 5.30. The molecule has 1 saturated heterocycles. The predicted molar refractivity (Wildman–Crippen MR) is 84.4 cm³/mol. The zero-order valence-electron chi connectivity index (χ0n) is 13.2. The van der Waals surface area contributed by atoms with Crippen LogP contribution in [0.5, 0.6) is 5.75 Å². The van der Waals surface area contributed by atoms with Gasteiger partial charge in [0, 0.05) is 19.1 Å². The first-order chi connectivity index (χ1) is 10.7. The van der Waals surface area contributed by atoms with Crippen LogP contribution in [0.3, 0.4) is 0 Å². The molecule has 122 valence electrons. The molecule has 1 unspecified atom stereocenters. The van der Waals surface area contributed by atoms with Crippen LogP contribution in [0.15, 0.2) is 24.3 Å². The van der Waals surface area contributed by atoms with Crippen LogP contribution in [0.25, 0.3) is 0 Å². The number of piperidine rings is 1. The fourth-order valence-electron chi connectivity index (χ4n) is 2.76. The Labute approximate surface area is 131 Å². The molecule has 1 heterocycles. The summed E-state index contributed by atoms with van der Waals surface area (Å²) in [5.41, 5.74) is 0. The average molecular weight is 308 g/mol. The van der Waals surface area contributed by atoms with E-state index in [0.29, 0.717) is 12.6 Å². The third-order valence-corrected chi connectivity index (χ3v) is 4.08. The third-order valence-electron chi connectivity index (χ3n) is 4.08. The first kappa shape index (κ1) is 16.7. The molecule has 0 radical (unpaired) electrons. The minimum atomic E-state index is -0.450. The van der Waals surface area contributed by atoms with Gasteiger partial charge in [-0.25, -0.2) is 4.39 Å². The van der Waals surface area contributed by atoms with Gasteiger partial charge in [0.1, 0.15) is 0 Å². The molecule has 1 N–H and O–H groups in total. The van der Waals surface area contributed by atoms with Gasteiger partial charge in [0.25, 0.3) is 5.91 Å². The summed E-state index contributed by atoms with van der Waals surface area (Å²) in [5, 5.41) is 2.81. The van der Waals surface area contributed by atoms with Crippen molar-refractivity contribution in [2.75, 3.05) is 26.2 Å². The van der Waals surface area contributed by atoms with Gasteiger partial charge >= 0.3 is 0 Å². The lowest BCUT2D eigenvalue weighted by Gasteiger charge is -2.33. The van der Waals surface area contributed by atoms with E-state index in [1.54, 1.807) is 12.1 Å². The summed E-state index contributed by atoms with van der Waals surface area (Å²) in [6, 6.07) is 6.74. The summed E-state index contributed by atoms with van der Waals surface area (Å²) in [7, 11) is 0. The lowest BCUT2D eigenvalue weighted by molar-refractivity contribution is -0.123. The van der Waals surface area contributed by atoms with E-state index in [9.17, 15) is 9.18 Å². The van der Waals surface area contributed by atoms with Gasteiger partial charge in [0.2, 0.25) is 0 Å². The molecule has 1 aliphatic heterocycles. The number of benzene rings is 1. The van der Waals surface area contributed by atoms with E-state index in [0.717, 1.165) is 19.5 Å². The molecule has 0 aromatic heterocycles.